The van der Waals surface area contributed by atoms with Gasteiger partial charge in [0.2, 0.25) is 5.91 Å². The fourth-order valence-electron chi connectivity index (χ4n) is 4.02. The van der Waals surface area contributed by atoms with Gasteiger partial charge in [-0.2, -0.15) is 0 Å². The van der Waals surface area contributed by atoms with Gasteiger partial charge in [-0.25, -0.2) is 4.39 Å². The number of allylic oxidation sites excluding steroid dienone is 2. The average Bonchev–Trinajstić information content (AvgIpc) is 3.00. The number of carbonyl (C=O) groups excluding carboxylic acids is 1. The first-order valence-corrected chi connectivity index (χ1v) is 10.3. The van der Waals surface area contributed by atoms with Gasteiger partial charge in [-0.1, -0.05) is 24.3 Å². The van der Waals surface area contributed by atoms with Gasteiger partial charge in [-0.05, 0) is 95.3 Å². The summed E-state index contributed by atoms with van der Waals surface area (Å²) in [7, 11) is 1.50. The third-order valence-corrected chi connectivity index (χ3v) is 5.61. The number of ether oxygens (including phenoxy) is 1. The largest absolute Gasteiger partial charge is 0.504 e. The second-order valence-electron chi connectivity index (χ2n) is 7.88. The lowest BCUT2D eigenvalue weighted by atomic mass is 10.0. The van der Waals surface area contributed by atoms with Gasteiger partial charge >= 0.3 is 0 Å². The number of benzene rings is 3. The Morgan fingerprint density at radius 3 is 2.62 bits per heavy atom. The number of methoxy groups -OCH3 is 1. The van der Waals surface area contributed by atoms with Gasteiger partial charge in [0.25, 0.3) is 0 Å². The first-order chi connectivity index (χ1) is 15.4. The summed E-state index contributed by atoms with van der Waals surface area (Å²) >= 11 is 0. The number of carbonyl (C=O) groups is 1. The lowest BCUT2D eigenvalue weighted by Crippen LogP contribution is -2.12. The van der Waals surface area contributed by atoms with E-state index in [0.29, 0.717) is 5.75 Å². The molecule has 4 rings (SSSR count). The summed E-state index contributed by atoms with van der Waals surface area (Å²) in [5.74, 6) is -0.0752. The molecule has 3 aromatic rings. The lowest BCUT2D eigenvalue weighted by Gasteiger charge is -2.09. The molecule has 5 heteroatoms. The minimum atomic E-state index is -0.347. The topological polar surface area (TPSA) is 58.6 Å². The highest BCUT2D eigenvalue weighted by Gasteiger charge is 2.26. The summed E-state index contributed by atoms with van der Waals surface area (Å²) in [6.45, 7) is 3.91. The molecule has 0 saturated carbocycles. The normalized spacial score (nSPS) is 13.9. The first-order valence-electron chi connectivity index (χ1n) is 10.3. The number of phenolic OH excluding ortho intramolecular Hbond substituents is 1. The number of nitrogens with one attached hydrogen (secondary N) is 1. The molecule has 0 unspecified atom stereocenters. The highest BCUT2D eigenvalue weighted by molar-refractivity contribution is 6.09. The Morgan fingerprint density at radius 1 is 1.06 bits per heavy atom. The maximum Gasteiger partial charge on any atom is 0.228 e. The van der Waals surface area contributed by atoms with Crippen LogP contribution in [0.5, 0.6) is 11.5 Å². The molecule has 4 nitrogen and oxygen atoms in total. The molecule has 0 aromatic heterocycles. The van der Waals surface area contributed by atoms with E-state index in [1.165, 1.54) is 19.2 Å². The SMILES string of the molecule is COc1cc(C=C2C(C)=C(CC(=O)Nc3cccc(C)c3)c3cc(F)ccc32)ccc1O. The fourth-order valence-corrected chi connectivity index (χ4v) is 4.02. The van der Waals surface area contributed by atoms with Gasteiger partial charge in [0.15, 0.2) is 11.5 Å². The van der Waals surface area contributed by atoms with Crippen LogP contribution >= 0.6 is 0 Å². The van der Waals surface area contributed by atoms with Gasteiger partial charge in [-0.3, -0.25) is 4.79 Å². The molecule has 0 bridgehead atoms. The van der Waals surface area contributed by atoms with Gasteiger partial charge < -0.3 is 15.2 Å². The van der Waals surface area contributed by atoms with Gasteiger partial charge in [0.05, 0.1) is 13.5 Å². The highest BCUT2D eigenvalue weighted by atomic mass is 19.1. The van der Waals surface area contributed by atoms with E-state index in [-0.39, 0.29) is 23.9 Å². The fraction of sp³-hybridized carbons (Fsp3) is 0.148. The quantitative estimate of drug-likeness (QED) is 0.507. The van der Waals surface area contributed by atoms with Gasteiger partial charge in [0.1, 0.15) is 5.82 Å². The predicted octanol–water partition coefficient (Wildman–Crippen LogP) is 6.20. The van der Waals surface area contributed by atoms with Gasteiger partial charge in [-0.15, -0.1) is 0 Å². The van der Waals surface area contributed by atoms with Crippen molar-refractivity contribution in [2.45, 2.75) is 20.3 Å². The third-order valence-electron chi connectivity index (χ3n) is 5.61. The van der Waals surface area contributed by atoms with Crippen molar-refractivity contribution in [1.82, 2.24) is 0 Å². The number of fused-ring (bicyclic) bond motifs is 1. The molecular weight excluding hydrogens is 405 g/mol. The van der Waals surface area contributed by atoms with E-state index < -0.39 is 0 Å². The number of halogens is 1. The number of anilines is 1. The zero-order valence-corrected chi connectivity index (χ0v) is 18.2. The molecule has 162 valence electrons. The monoisotopic (exact) mass is 429 g/mol. The molecule has 0 heterocycles. The number of hydrogen-bond donors (Lipinski definition) is 2. The summed E-state index contributed by atoms with van der Waals surface area (Å²) in [4.78, 5) is 12.8. The second-order valence-corrected chi connectivity index (χ2v) is 7.88. The number of rotatable bonds is 5. The standard InChI is InChI=1S/C27H24FNO3/c1-16-5-4-6-20(11-16)29-27(31)15-23-17(2)22(21-9-8-19(28)14-24(21)23)12-18-7-10-25(30)26(13-18)32-3/h4-14,30H,15H2,1-3H3,(H,29,31). The molecule has 0 saturated heterocycles. The van der Waals surface area contributed by atoms with Crippen LogP contribution < -0.4 is 10.1 Å². The molecule has 1 aliphatic carbocycles. The van der Waals surface area contributed by atoms with Crippen molar-refractivity contribution in [2.24, 2.45) is 0 Å². The maximum atomic E-state index is 14.1. The number of amides is 1. The summed E-state index contributed by atoms with van der Waals surface area (Å²) < 4.78 is 19.3. The number of phenols is 1. The van der Waals surface area contributed by atoms with Crippen LogP contribution in [0, 0.1) is 12.7 Å². The van der Waals surface area contributed by atoms with E-state index in [4.69, 9.17) is 4.74 Å². The Kier molecular flexibility index (Phi) is 5.82. The minimum Gasteiger partial charge on any atom is -0.504 e. The first kappa shape index (κ1) is 21.4. The lowest BCUT2D eigenvalue weighted by molar-refractivity contribution is -0.115. The average molecular weight is 429 g/mol. The van der Waals surface area contributed by atoms with Crippen LogP contribution in [0.15, 0.2) is 66.2 Å². The van der Waals surface area contributed by atoms with Crippen molar-refractivity contribution >= 4 is 28.8 Å². The molecule has 2 N–H and O–H groups in total. The molecule has 0 atom stereocenters. The van der Waals surface area contributed by atoms with Crippen LogP contribution in [0.25, 0.3) is 17.2 Å². The van der Waals surface area contributed by atoms with Crippen molar-refractivity contribution in [3.63, 3.8) is 0 Å². The van der Waals surface area contributed by atoms with Crippen molar-refractivity contribution in [3.8, 4) is 11.5 Å². The number of aromatic hydroxyl groups is 1. The highest BCUT2D eigenvalue weighted by Crippen LogP contribution is 2.44. The molecule has 0 spiro atoms. The Bertz CT molecular complexity index is 1270. The van der Waals surface area contributed by atoms with E-state index >= 15 is 0 Å². The molecular formula is C27H24FNO3. The minimum absolute atomic E-state index is 0.0596. The molecule has 1 aliphatic rings. The Morgan fingerprint density at radius 2 is 1.88 bits per heavy atom. The second kappa shape index (κ2) is 8.71. The van der Waals surface area contributed by atoms with E-state index in [1.807, 2.05) is 44.2 Å². The summed E-state index contributed by atoms with van der Waals surface area (Å²) in [6, 6.07) is 17.3. The van der Waals surface area contributed by atoms with Crippen molar-refractivity contribution in [3.05, 3.63) is 94.3 Å². The zero-order chi connectivity index (χ0) is 22.8. The maximum absolute atomic E-state index is 14.1. The van der Waals surface area contributed by atoms with Crippen LogP contribution in [0.3, 0.4) is 0 Å². The van der Waals surface area contributed by atoms with Crippen LogP contribution in [0.4, 0.5) is 10.1 Å². The smallest absolute Gasteiger partial charge is 0.228 e. The Labute approximate surface area is 186 Å². The molecule has 1 amide bonds. The predicted molar refractivity (Wildman–Crippen MR) is 126 cm³/mol. The Hall–Kier alpha value is -3.86. The molecule has 0 radical (unpaired) electrons. The van der Waals surface area contributed by atoms with Crippen LogP contribution in [-0.4, -0.2) is 18.1 Å². The van der Waals surface area contributed by atoms with E-state index in [2.05, 4.69) is 5.32 Å². The third kappa shape index (κ3) is 4.28. The van der Waals surface area contributed by atoms with Crippen LogP contribution in [0.1, 0.15) is 35.6 Å². The number of hydrogen-bond acceptors (Lipinski definition) is 3. The van der Waals surface area contributed by atoms with E-state index in [9.17, 15) is 14.3 Å². The van der Waals surface area contributed by atoms with Crippen molar-refractivity contribution in [1.29, 1.82) is 0 Å². The molecule has 0 fully saturated rings. The summed E-state index contributed by atoms with van der Waals surface area (Å²) in [6.07, 6.45) is 2.09. The van der Waals surface area contributed by atoms with Crippen molar-refractivity contribution in [2.75, 3.05) is 12.4 Å². The van der Waals surface area contributed by atoms with E-state index in [1.54, 1.807) is 24.3 Å². The van der Waals surface area contributed by atoms with E-state index in [0.717, 1.165) is 44.7 Å². The van der Waals surface area contributed by atoms with Crippen molar-refractivity contribution < 1.29 is 19.0 Å². The summed E-state index contributed by atoms with van der Waals surface area (Å²) in [5, 5.41) is 12.8. The van der Waals surface area contributed by atoms with Gasteiger partial charge in [0, 0.05) is 5.69 Å². The van der Waals surface area contributed by atoms with Crippen LogP contribution in [0.2, 0.25) is 0 Å². The molecule has 3 aromatic carbocycles. The van der Waals surface area contributed by atoms with Crippen LogP contribution in [-0.2, 0) is 4.79 Å². The zero-order valence-electron chi connectivity index (χ0n) is 18.2. The molecule has 0 aliphatic heterocycles. The number of aryl methyl sites for hydroxylation is 1. The Balaban J connectivity index is 1.70. The molecule has 32 heavy (non-hydrogen) atoms. The summed E-state index contributed by atoms with van der Waals surface area (Å²) in [5.41, 5.74) is 6.83.